The van der Waals surface area contributed by atoms with Gasteiger partial charge in [0, 0.05) is 23.8 Å². The number of rotatable bonds is 4. The molecule has 0 unspecified atom stereocenters. The van der Waals surface area contributed by atoms with E-state index in [1.54, 1.807) is 12.1 Å². The molecule has 0 bridgehead atoms. The molecule has 0 radical (unpaired) electrons. The number of benzene rings is 2. The molecule has 0 atom stereocenters. The maximum absolute atomic E-state index is 12.8. The molecule has 2 N–H and O–H groups in total. The van der Waals surface area contributed by atoms with Gasteiger partial charge in [-0.15, -0.1) is 0 Å². The third-order valence-electron chi connectivity index (χ3n) is 3.12. The highest BCUT2D eigenvalue weighted by molar-refractivity contribution is 6.03. The van der Waals surface area contributed by atoms with E-state index < -0.39 is 5.91 Å². The fraction of sp³-hybridized carbons (Fsp3) is 0. The molecule has 0 aliphatic carbocycles. The molecule has 1 heterocycles. The summed E-state index contributed by atoms with van der Waals surface area (Å²) in [6.45, 7) is 0. The molecule has 0 fully saturated rings. The molecule has 0 saturated carbocycles. The van der Waals surface area contributed by atoms with Crippen LogP contribution >= 0.6 is 0 Å². The van der Waals surface area contributed by atoms with Crippen molar-refractivity contribution in [2.24, 2.45) is 0 Å². The monoisotopic (exact) mass is 326 g/mol. The van der Waals surface area contributed by atoms with Gasteiger partial charge in [-0.1, -0.05) is 0 Å². The number of anilines is 3. The van der Waals surface area contributed by atoms with Crippen LogP contribution in [0.3, 0.4) is 0 Å². The molecular formula is C17H12F2N4O. The van der Waals surface area contributed by atoms with Crippen molar-refractivity contribution in [1.82, 2.24) is 9.97 Å². The van der Waals surface area contributed by atoms with Crippen molar-refractivity contribution in [3.8, 4) is 0 Å². The number of amides is 1. The normalized spacial score (nSPS) is 10.2. The number of halogens is 2. The van der Waals surface area contributed by atoms with Crippen LogP contribution in [0.4, 0.5) is 26.1 Å². The predicted octanol–water partition coefficient (Wildman–Crippen LogP) is 3.75. The van der Waals surface area contributed by atoms with Gasteiger partial charge < -0.3 is 10.6 Å². The van der Waals surface area contributed by atoms with Gasteiger partial charge in [0.15, 0.2) is 0 Å². The van der Waals surface area contributed by atoms with E-state index in [0.717, 1.165) is 0 Å². The van der Waals surface area contributed by atoms with Crippen LogP contribution in [0.5, 0.6) is 0 Å². The minimum atomic E-state index is -0.407. The summed E-state index contributed by atoms with van der Waals surface area (Å²) >= 11 is 0. The molecule has 1 amide bonds. The number of nitrogens with zero attached hydrogens (tertiary/aromatic N) is 2. The molecule has 5 nitrogen and oxygen atoms in total. The van der Waals surface area contributed by atoms with E-state index in [2.05, 4.69) is 20.6 Å². The Morgan fingerprint density at radius 3 is 1.83 bits per heavy atom. The standard InChI is InChI=1S/C17H12F2N4O/c18-12-1-5-14(6-2-12)22-16(24)11-9-20-17(21-10-11)23-15-7-3-13(19)4-8-15/h1-10H,(H,22,24)(H,20,21,23). The zero-order chi connectivity index (χ0) is 16.9. The summed E-state index contributed by atoms with van der Waals surface area (Å²) in [6.07, 6.45) is 2.72. The SMILES string of the molecule is O=C(Nc1ccc(F)cc1)c1cnc(Nc2ccc(F)cc2)nc1. The zero-order valence-corrected chi connectivity index (χ0v) is 12.3. The Balaban J connectivity index is 1.66. The van der Waals surface area contributed by atoms with Gasteiger partial charge in [-0.3, -0.25) is 4.79 Å². The van der Waals surface area contributed by atoms with Crippen molar-refractivity contribution >= 4 is 23.2 Å². The summed E-state index contributed by atoms with van der Waals surface area (Å²) in [7, 11) is 0. The van der Waals surface area contributed by atoms with Gasteiger partial charge in [-0.2, -0.15) is 0 Å². The van der Waals surface area contributed by atoms with Crippen LogP contribution in [0.2, 0.25) is 0 Å². The number of hydrogen-bond acceptors (Lipinski definition) is 4. The van der Waals surface area contributed by atoms with Crippen LogP contribution in [0.1, 0.15) is 10.4 Å². The number of carbonyl (C=O) groups is 1. The second-order valence-electron chi connectivity index (χ2n) is 4.89. The lowest BCUT2D eigenvalue weighted by molar-refractivity contribution is 0.102. The Hall–Kier alpha value is -3.35. The van der Waals surface area contributed by atoms with E-state index in [9.17, 15) is 13.6 Å². The molecule has 0 saturated heterocycles. The lowest BCUT2D eigenvalue weighted by Gasteiger charge is -2.07. The first kappa shape index (κ1) is 15.5. The number of nitrogens with one attached hydrogen (secondary N) is 2. The van der Waals surface area contributed by atoms with Crippen LogP contribution < -0.4 is 10.6 Å². The average Bonchev–Trinajstić information content (AvgIpc) is 2.59. The van der Waals surface area contributed by atoms with Gasteiger partial charge in [-0.25, -0.2) is 18.7 Å². The second-order valence-corrected chi connectivity index (χ2v) is 4.89. The Morgan fingerprint density at radius 1 is 0.792 bits per heavy atom. The smallest absolute Gasteiger partial charge is 0.258 e. The molecule has 0 aliphatic heterocycles. The summed E-state index contributed by atoms with van der Waals surface area (Å²) in [4.78, 5) is 20.1. The largest absolute Gasteiger partial charge is 0.324 e. The van der Waals surface area contributed by atoms with E-state index >= 15 is 0 Å². The second kappa shape index (κ2) is 6.82. The van der Waals surface area contributed by atoms with Crippen molar-refractivity contribution < 1.29 is 13.6 Å². The molecule has 0 aliphatic rings. The van der Waals surface area contributed by atoms with Crippen molar-refractivity contribution in [1.29, 1.82) is 0 Å². The van der Waals surface area contributed by atoms with E-state index in [4.69, 9.17) is 0 Å². The average molecular weight is 326 g/mol. The predicted molar refractivity (Wildman–Crippen MR) is 86.1 cm³/mol. The Bertz CT molecular complexity index is 834. The molecule has 7 heteroatoms. The lowest BCUT2D eigenvalue weighted by Crippen LogP contribution is -2.13. The van der Waals surface area contributed by atoms with Gasteiger partial charge in [0.25, 0.3) is 5.91 Å². The van der Waals surface area contributed by atoms with Crippen molar-refractivity contribution in [3.05, 3.63) is 78.1 Å². The first-order valence-electron chi connectivity index (χ1n) is 7.02. The minimum Gasteiger partial charge on any atom is -0.324 e. The van der Waals surface area contributed by atoms with E-state index in [0.29, 0.717) is 11.4 Å². The van der Waals surface area contributed by atoms with E-state index in [1.165, 1.54) is 48.8 Å². The van der Waals surface area contributed by atoms with Crippen LogP contribution in [0.15, 0.2) is 60.9 Å². The third kappa shape index (κ3) is 3.89. The zero-order valence-electron chi connectivity index (χ0n) is 12.3. The van der Waals surface area contributed by atoms with Crippen LogP contribution in [0.25, 0.3) is 0 Å². The molecule has 120 valence electrons. The van der Waals surface area contributed by atoms with Gasteiger partial charge in [0.05, 0.1) is 5.56 Å². The topological polar surface area (TPSA) is 66.9 Å². The van der Waals surface area contributed by atoms with E-state index in [-0.39, 0.29) is 23.1 Å². The van der Waals surface area contributed by atoms with Crippen molar-refractivity contribution in [3.63, 3.8) is 0 Å². The van der Waals surface area contributed by atoms with E-state index in [1.807, 2.05) is 0 Å². The number of hydrogen-bond donors (Lipinski definition) is 2. The highest BCUT2D eigenvalue weighted by atomic mass is 19.1. The van der Waals surface area contributed by atoms with Crippen molar-refractivity contribution in [2.45, 2.75) is 0 Å². The summed E-state index contributed by atoms with van der Waals surface area (Å²) < 4.78 is 25.7. The Kier molecular flexibility index (Phi) is 4.42. The molecular weight excluding hydrogens is 314 g/mol. The quantitative estimate of drug-likeness (QED) is 0.766. The minimum absolute atomic E-state index is 0.254. The number of carbonyl (C=O) groups excluding carboxylic acids is 1. The first-order valence-corrected chi connectivity index (χ1v) is 7.02. The first-order chi connectivity index (χ1) is 11.6. The molecule has 0 spiro atoms. The Labute approximate surface area is 136 Å². The maximum atomic E-state index is 12.8. The third-order valence-corrected chi connectivity index (χ3v) is 3.12. The number of aromatic nitrogens is 2. The summed E-state index contributed by atoms with van der Waals surface area (Å²) in [6, 6.07) is 11.1. The molecule has 3 aromatic rings. The summed E-state index contributed by atoms with van der Waals surface area (Å²) in [5.74, 6) is -0.850. The fourth-order valence-electron chi connectivity index (χ4n) is 1.91. The van der Waals surface area contributed by atoms with Crippen molar-refractivity contribution in [2.75, 3.05) is 10.6 Å². The summed E-state index contributed by atoms with van der Waals surface area (Å²) in [5.41, 5.74) is 1.35. The van der Waals surface area contributed by atoms with Crippen LogP contribution in [0, 0.1) is 11.6 Å². The van der Waals surface area contributed by atoms with Gasteiger partial charge in [-0.05, 0) is 48.5 Å². The van der Waals surface area contributed by atoms with Gasteiger partial charge >= 0.3 is 0 Å². The highest BCUT2D eigenvalue weighted by Crippen LogP contribution is 2.14. The van der Waals surface area contributed by atoms with Gasteiger partial charge in [0.1, 0.15) is 11.6 Å². The molecule has 3 rings (SSSR count). The Morgan fingerprint density at radius 2 is 1.29 bits per heavy atom. The maximum Gasteiger partial charge on any atom is 0.258 e. The lowest BCUT2D eigenvalue weighted by atomic mass is 10.2. The molecule has 24 heavy (non-hydrogen) atoms. The van der Waals surface area contributed by atoms with Crippen LogP contribution in [-0.4, -0.2) is 15.9 Å². The van der Waals surface area contributed by atoms with Gasteiger partial charge in [0.2, 0.25) is 5.95 Å². The molecule has 1 aromatic heterocycles. The molecule has 2 aromatic carbocycles. The highest BCUT2D eigenvalue weighted by Gasteiger charge is 2.08. The summed E-state index contributed by atoms with van der Waals surface area (Å²) in [5, 5.41) is 5.50. The van der Waals surface area contributed by atoms with Crippen LogP contribution in [-0.2, 0) is 0 Å². The fourth-order valence-corrected chi connectivity index (χ4v) is 1.91.